The van der Waals surface area contributed by atoms with E-state index in [9.17, 15) is 0 Å². The topological polar surface area (TPSA) is 51.8 Å². The van der Waals surface area contributed by atoms with Gasteiger partial charge in [0.05, 0.1) is 16.9 Å². The third-order valence-electron chi connectivity index (χ3n) is 10.3. The van der Waals surface area contributed by atoms with E-state index in [-0.39, 0.29) is 5.41 Å². The van der Waals surface area contributed by atoms with E-state index in [1.807, 2.05) is 42.5 Å². The van der Waals surface area contributed by atoms with Crippen LogP contribution in [-0.2, 0) is 5.41 Å². The Morgan fingerprint density at radius 2 is 1.12 bits per heavy atom. The molecular formula is C46H31N3O. The molecule has 4 heteroatoms. The Bertz CT molecular complexity index is 2780. The Balaban J connectivity index is 1.19. The Morgan fingerprint density at radius 1 is 0.480 bits per heavy atom. The van der Waals surface area contributed by atoms with Gasteiger partial charge >= 0.3 is 0 Å². The van der Waals surface area contributed by atoms with Crippen LogP contribution in [0.5, 0.6) is 0 Å². The molecule has 236 valence electrons. The van der Waals surface area contributed by atoms with E-state index in [0.29, 0.717) is 5.82 Å². The zero-order valence-corrected chi connectivity index (χ0v) is 27.7. The van der Waals surface area contributed by atoms with Gasteiger partial charge in [0.25, 0.3) is 0 Å². The molecular weight excluding hydrogens is 611 g/mol. The van der Waals surface area contributed by atoms with E-state index in [1.54, 1.807) is 0 Å². The summed E-state index contributed by atoms with van der Waals surface area (Å²) in [6.07, 6.45) is 0. The first kappa shape index (κ1) is 28.6. The van der Waals surface area contributed by atoms with Crippen molar-refractivity contribution in [2.75, 3.05) is 0 Å². The molecule has 0 atom stereocenters. The zero-order chi connectivity index (χ0) is 33.4. The Labute approximate surface area is 289 Å². The van der Waals surface area contributed by atoms with Crippen LogP contribution in [0.4, 0.5) is 0 Å². The number of furan rings is 1. The molecule has 1 aliphatic rings. The molecule has 1 aliphatic carbocycles. The summed E-state index contributed by atoms with van der Waals surface area (Å²) in [6, 6.07) is 52.9. The third-order valence-corrected chi connectivity index (χ3v) is 10.3. The molecule has 4 nitrogen and oxygen atoms in total. The highest BCUT2D eigenvalue weighted by Crippen LogP contribution is 2.49. The summed E-state index contributed by atoms with van der Waals surface area (Å²) in [6.45, 7) is 4.63. The van der Waals surface area contributed by atoms with Gasteiger partial charge in [0.15, 0.2) is 11.4 Å². The molecule has 3 aromatic heterocycles. The Kier molecular flexibility index (Phi) is 6.19. The number of aromatic nitrogens is 3. The molecule has 0 saturated carbocycles. The number of benzene rings is 6. The van der Waals surface area contributed by atoms with Gasteiger partial charge in [-0.05, 0) is 58.7 Å². The molecule has 50 heavy (non-hydrogen) atoms. The van der Waals surface area contributed by atoms with Crippen LogP contribution < -0.4 is 0 Å². The van der Waals surface area contributed by atoms with Crippen molar-refractivity contribution < 1.29 is 4.42 Å². The van der Waals surface area contributed by atoms with Crippen LogP contribution in [0.1, 0.15) is 25.0 Å². The summed E-state index contributed by atoms with van der Waals surface area (Å²) >= 11 is 0. The van der Waals surface area contributed by atoms with Crippen molar-refractivity contribution in [2.45, 2.75) is 19.3 Å². The van der Waals surface area contributed by atoms with Gasteiger partial charge in [-0.3, -0.25) is 0 Å². The van der Waals surface area contributed by atoms with Gasteiger partial charge in [0.2, 0.25) is 0 Å². The second-order valence-electron chi connectivity index (χ2n) is 13.6. The molecule has 0 radical (unpaired) electrons. The average molecular weight is 642 g/mol. The van der Waals surface area contributed by atoms with Crippen molar-refractivity contribution in [1.29, 1.82) is 0 Å². The highest BCUT2D eigenvalue weighted by molar-refractivity contribution is 6.21. The van der Waals surface area contributed by atoms with Gasteiger partial charge in [-0.2, -0.15) is 0 Å². The van der Waals surface area contributed by atoms with E-state index < -0.39 is 0 Å². The summed E-state index contributed by atoms with van der Waals surface area (Å²) in [5, 5.41) is 3.16. The van der Waals surface area contributed by atoms with Crippen molar-refractivity contribution in [1.82, 2.24) is 15.0 Å². The Morgan fingerprint density at radius 3 is 1.92 bits per heavy atom. The van der Waals surface area contributed by atoms with Crippen LogP contribution in [0.3, 0.4) is 0 Å². The summed E-state index contributed by atoms with van der Waals surface area (Å²) < 4.78 is 6.62. The first-order valence-corrected chi connectivity index (χ1v) is 17.0. The fourth-order valence-electron chi connectivity index (χ4n) is 7.76. The van der Waals surface area contributed by atoms with Gasteiger partial charge in [-0.1, -0.05) is 129 Å². The van der Waals surface area contributed by atoms with Crippen molar-refractivity contribution in [2.24, 2.45) is 0 Å². The van der Waals surface area contributed by atoms with Crippen LogP contribution in [0.25, 0.3) is 89.1 Å². The molecule has 0 fully saturated rings. The lowest BCUT2D eigenvalue weighted by molar-refractivity contribution is 0.660. The van der Waals surface area contributed by atoms with Crippen LogP contribution in [0, 0.1) is 0 Å². The van der Waals surface area contributed by atoms with Gasteiger partial charge < -0.3 is 4.42 Å². The number of nitrogens with zero attached hydrogens (tertiary/aromatic N) is 3. The molecule has 6 aromatic carbocycles. The predicted molar refractivity (Wildman–Crippen MR) is 204 cm³/mol. The standard InChI is InChI=1S/C46H31N3O/c1-46(2)36-19-11-9-17-32(36)33-23-21-31(26-37(33)46)40-27-39(48-45(49-40)29-15-7-4-8-16-29)30-22-24-41-35(25-30)42-34-18-10-12-20-38(34)47-43(44(42)50-41)28-13-5-3-6-14-28/h3-27H,1-2H3. The molecule has 0 amide bonds. The summed E-state index contributed by atoms with van der Waals surface area (Å²) in [5.74, 6) is 0.694. The van der Waals surface area contributed by atoms with Gasteiger partial charge in [0, 0.05) is 43.8 Å². The average Bonchev–Trinajstić information content (AvgIpc) is 3.67. The van der Waals surface area contributed by atoms with Gasteiger partial charge in [-0.15, -0.1) is 0 Å². The monoisotopic (exact) mass is 641 g/mol. The lowest BCUT2D eigenvalue weighted by Gasteiger charge is -2.22. The van der Waals surface area contributed by atoms with E-state index in [2.05, 4.69) is 123 Å². The SMILES string of the molecule is CC1(C)c2ccccc2-c2ccc(-c3cc(-c4ccc5oc6c(-c7ccccc7)nc7ccccc7c6c5c4)nc(-c4ccccc4)n3)cc21. The molecule has 0 N–H and O–H groups in total. The highest BCUT2D eigenvalue weighted by atomic mass is 16.3. The Hall–Kier alpha value is -6.39. The molecule has 0 spiro atoms. The lowest BCUT2D eigenvalue weighted by atomic mass is 9.82. The van der Waals surface area contributed by atoms with E-state index in [0.717, 1.165) is 72.2 Å². The van der Waals surface area contributed by atoms with E-state index in [4.69, 9.17) is 19.4 Å². The lowest BCUT2D eigenvalue weighted by Crippen LogP contribution is -2.14. The van der Waals surface area contributed by atoms with Gasteiger partial charge in [0.1, 0.15) is 11.3 Å². The van der Waals surface area contributed by atoms with Crippen molar-refractivity contribution >= 4 is 32.8 Å². The molecule has 0 saturated heterocycles. The third kappa shape index (κ3) is 4.35. The molecule has 0 bridgehead atoms. The van der Waals surface area contributed by atoms with Crippen LogP contribution >= 0.6 is 0 Å². The van der Waals surface area contributed by atoms with Crippen LogP contribution in [0.15, 0.2) is 156 Å². The second kappa shape index (κ2) is 10.8. The molecule has 9 aromatic rings. The quantitative estimate of drug-likeness (QED) is 0.192. The maximum atomic E-state index is 6.62. The van der Waals surface area contributed by atoms with E-state index >= 15 is 0 Å². The van der Waals surface area contributed by atoms with E-state index in [1.165, 1.54) is 22.3 Å². The van der Waals surface area contributed by atoms with Crippen molar-refractivity contribution in [3.05, 3.63) is 163 Å². The second-order valence-corrected chi connectivity index (χ2v) is 13.6. The smallest absolute Gasteiger partial charge is 0.162 e. The van der Waals surface area contributed by atoms with Crippen molar-refractivity contribution in [3.8, 4) is 56.3 Å². The number of rotatable bonds is 4. The van der Waals surface area contributed by atoms with Crippen molar-refractivity contribution in [3.63, 3.8) is 0 Å². The maximum Gasteiger partial charge on any atom is 0.162 e. The summed E-state index contributed by atoms with van der Waals surface area (Å²) in [7, 11) is 0. The fraction of sp³-hybridized carbons (Fsp3) is 0.0652. The number of para-hydroxylation sites is 1. The summed E-state index contributed by atoms with van der Waals surface area (Å²) in [4.78, 5) is 15.4. The van der Waals surface area contributed by atoms with Crippen LogP contribution in [-0.4, -0.2) is 15.0 Å². The van der Waals surface area contributed by atoms with Crippen LogP contribution in [0.2, 0.25) is 0 Å². The molecule has 3 heterocycles. The molecule has 10 rings (SSSR count). The fourth-order valence-corrected chi connectivity index (χ4v) is 7.76. The first-order valence-electron chi connectivity index (χ1n) is 17.0. The number of pyridine rings is 1. The minimum absolute atomic E-state index is 0.107. The zero-order valence-electron chi connectivity index (χ0n) is 27.7. The molecule has 0 aliphatic heterocycles. The molecule has 0 unspecified atom stereocenters. The number of hydrogen-bond donors (Lipinski definition) is 0. The normalized spacial score (nSPS) is 13.2. The minimum Gasteiger partial charge on any atom is -0.454 e. The minimum atomic E-state index is -0.107. The highest BCUT2D eigenvalue weighted by Gasteiger charge is 2.35. The largest absolute Gasteiger partial charge is 0.454 e. The maximum absolute atomic E-state index is 6.62. The number of fused-ring (bicyclic) bond motifs is 8. The number of hydrogen-bond acceptors (Lipinski definition) is 4. The predicted octanol–water partition coefficient (Wildman–Crippen LogP) is 11.9. The summed E-state index contributed by atoms with van der Waals surface area (Å²) in [5.41, 5.74) is 14.4. The van der Waals surface area contributed by atoms with Gasteiger partial charge in [-0.25, -0.2) is 15.0 Å². The first-order chi connectivity index (χ1) is 24.5.